The predicted octanol–water partition coefficient (Wildman–Crippen LogP) is 3.29. The van der Waals surface area contributed by atoms with Gasteiger partial charge in [-0.25, -0.2) is 8.42 Å². The summed E-state index contributed by atoms with van der Waals surface area (Å²) >= 11 is 7.90. The van der Waals surface area contributed by atoms with Crippen molar-refractivity contribution in [3.8, 4) is 0 Å². The molecule has 6 heteroatoms. The number of benzene rings is 1. The number of fused-ring (bicyclic) bond motifs is 1. The van der Waals surface area contributed by atoms with E-state index in [0.29, 0.717) is 0 Å². The summed E-state index contributed by atoms with van der Waals surface area (Å²) in [4.78, 5) is 1.24. The van der Waals surface area contributed by atoms with E-state index in [1.54, 1.807) is 6.92 Å². The predicted molar refractivity (Wildman–Crippen MR) is 86.5 cm³/mol. The van der Waals surface area contributed by atoms with Crippen molar-refractivity contribution in [3.05, 3.63) is 28.8 Å². The molecule has 1 aliphatic heterocycles. The first kappa shape index (κ1) is 16.1. The summed E-state index contributed by atoms with van der Waals surface area (Å²) in [6.07, 6.45) is 0.995. The van der Waals surface area contributed by atoms with Crippen LogP contribution in [0.5, 0.6) is 0 Å². The zero-order chi connectivity index (χ0) is 14.8. The Morgan fingerprint density at radius 2 is 2.25 bits per heavy atom. The van der Waals surface area contributed by atoms with Gasteiger partial charge in [-0.05, 0) is 42.9 Å². The van der Waals surface area contributed by atoms with Crippen LogP contribution in [0.2, 0.25) is 5.02 Å². The minimum absolute atomic E-state index is 0.0557. The zero-order valence-corrected chi connectivity index (χ0v) is 14.1. The largest absolute Gasteiger partial charge is 0.306 e. The van der Waals surface area contributed by atoms with Gasteiger partial charge in [0.05, 0.1) is 5.75 Å². The molecule has 3 nitrogen and oxygen atoms in total. The average Bonchev–Trinajstić information content (AvgIpc) is 2.39. The molecule has 1 heterocycles. The number of rotatable bonds is 5. The van der Waals surface area contributed by atoms with Crippen LogP contribution in [0.25, 0.3) is 0 Å². The quantitative estimate of drug-likeness (QED) is 0.898. The highest BCUT2D eigenvalue weighted by Gasteiger charge is 2.24. The molecule has 2 atom stereocenters. The molecular weight excluding hydrogens is 314 g/mol. The molecule has 0 radical (unpaired) electrons. The molecule has 0 amide bonds. The molecule has 1 N–H and O–H groups in total. The minimum Gasteiger partial charge on any atom is -0.306 e. The van der Waals surface area contributed by atoms with Crippen molar-refractivity contribution < 1.29 is 8.42 Å². The van der Waals surface area contributed by atoms with Crippen LogP contribution in [0, 0.1) is 0 Å². The van der Waals surface area contributed by atoms with Gasteiger partial charge in [-0.1, -0.05) is 18.5 Å². The maximum atomic E-state index is 11.7. The maximum Gasteiger partial charge on any atom is 0.151 e. The number of halogens is 1. The van der Waals surface area contributed by atoms with Crippen LogP contribution < -0.4 is 5.32 Å². The SMILES string of the molecule is CCS(=O)(=O)CC(C)NC1CCSc2ccc(Cl)cc21. The monoisotopic (exact) mass is 333 g/mol. The summed E-state index contributed by atoms with van der Waals surface area (Å²) in [5.74, 6) is 1.42. The second-order valence-electron chi connectivity index (χ2n) is 5.14. The van der Waals surface area contributed by atoms with Crippen molar-refractivity contribution in [3.63, 3.8) is 0 Å². The van der Waals surface area contributed by atoms with Gasteiger partial charge in [-0.2, -0.15) is 0 Å². The Morgan fingerprint density at radius 1 is 1.50 bits per heavy atom. The van der Waals surface area contributed by atoms with Crippen LogP contribution in [0.3, 0.4) is 0 Å². The number of thioether (sulfide) groups is 1. The Morgan fingerprint density at radius 3 is 2.95 bits per heavy atom. The molecule has 0 spiro atoms. The standard InChI is InChI=1S/C14H20ClNO2S2/c1-3-20(17,18)9-10(2)16-13-6-7-19-14-5-4-11(15)8-12(13)14/h4-5,8,10,13,16H,3,6-7,9H2,1-2H3. The number of hydrogen-bond acceptors (Lipinski definition) is 4. The fourth-order valence-electron chi connectivity index (χ4n) is 2.43. The van der Waals surface area contributed by atoms with E-state index < -0.39 is 9.84 Å². The lowest BCUT2D eigenvalue weighted by atomic mass is 10.0. The third-order valence-corrected chi connectivity index (χ3v) is 6.69. The first-order valence-electron chi connectivity index (χ1n) is 6.80. The highest BCUT2D eigenvalue weighted by Crippen LogP contribution is 2.37. The van der Waals surface area contributed by atoms with Crippen molar-refractivity contribution in [2.75, 3.05) is 17.3 Å². The van der Waals surface area contributed by atoms with Gasteiger partial charge in [0, 0.05) is 27.8 Å². The Balaban J connectivity index is 2.10. The second kappa shape index (κ2) is 6.69. The Kier molecular flexibility index (Phi) is 5.40. The first-order valence-corrected chi connectivity index (χ1v) is 9.98. The molecule has 0 saturated heterocycles. The van der Waals surface area contributed by atoms with E-state index in [4.69, 9.17) is 11.6 Å². The van der Waals surface area contributed by atoms with E-state index in [0.717, 1.165) is 17.2 Å². The van der Waals surface area contributed by atoms with Crippen LogP contribution in [0.1, 0.15) is 31.9 Å². The molecule has 0 fully saturated rings. The van der Waals surface area contributed by atoms with Crippen LogP contribution in [-0.4, -0.2) is 31.7 Å². The molecule has 0 aromatic heterocycles. The summed E-state index contributed by atoms with van der Waals surface area (Å²) in [6, 6.07) is 6.07. The smallest absolute Gasteiger partial charge is 0.151 e. The number of sulfone groups is 1. The van der Waals surface area contributed by atoms with Gasteiger partial charge in [-0.3, -0.25) is 0 Å². The van der Waals surface area contributed by atoms with Crippen molar-refractivity contribution >= 4 is 33.2 Å². The lowest BCUT2D eigenvalue weighted by Gasteiger charge is -2.29. The molecule has 112 valence electrons. The van der Waals surface area contributed by atoms with Crippen molar-refractivity contribution in [1.29, 1.82) is 0 Å². The highest BCUT2D eigenvalue weighted by atomic mass is 35.5. The zero-order valence-electron chi connectivity index (χ0n) is 11.7. The maximum absolute atomic E-state index is 11.7. The molecule has 0 aliphatic carbocycles. The molecule has 1 aliphatic rings. The molecule has 1 aromatic carbocycles. The van der Waals surface area contributed by atoms with Gasteiger partial charge < -0.3 is 5.32 Å². The summed E-state index contributed by atoms with van der Waals surface area (Å²) in [5.41, 5.74) is 1.19. The molecule has 1 aromatic rings. The molecule has 2 unspecified atom stereocenters. The number of hydrogen-bond donors (Lipinski definition) is 1. The normalized spacial score (nSPS) is 20.4. The minimum atomic E-state index is -2.95. The summed E-state index contributed by atoms with van der Waals surface area (Å²) < 4.78 is 23.4. The molecule has 0 saturated carbocycles. The van der Waals surface area contributed by atoms with Gasteiger partial charge >= 0.3 is 0 Å². The van der Waals surface area contributed by atoms with Crippen LogP contribution in [-0.2, 0) is 9.84 Å². The van der Waals surface area contributed by atoms with E-state index in [-0.39, 0.29) is 23.6 Å². The summed E-state index contributed by atoms with van der Waals surface area (Å²) in [5, 5.41) is 4.17. The van der Waals surface area contributed by atoms with E-state index in [2.05, 4.69) is 5.32 Å². The van der Waals surface area contributed by atoms with E-state index in [1.807, 2.05) is 36.9 Å². The van der Waals surface area contributed by atoms with Crippen LogP contribution >= 0.6 is 23.4 Å². The van der Waals surface area contributed by atoms with Gasteiger partial charge in [0.15, 0.2) is 9.84 Å². The highest BCUT2D eigenvalue weighted by molar-refractivity contribution is 7.99. The molecule has 2 rings (SSSR count). The van der Waals surface area contributed by atoms with E-state index in [1.165, 1.54) is 10.5 Å². The fourth-order valence-corrected chi connectivity index (χ4v) is 4.81. The topological polar surface area (TPSA) is 46.2 Å². The van der Waals surface area contributed by atoms with Crippen molar-refractivity contribution in [2.45, 2.75) is 37.2 Å². The molecular formula is C14H20ClNO2S2. The first-order chi connectivity index (χ1) is 9.41. The van der Waals surface area contributed by atoms with Crippen molar-refractivity contribution in [2.24, 2.45) is 0 Å². The van der Waals surface area contributed by atoms with Gasteiger partial charge in [0.2, 0.25) is 0 Å². The van der Waals surface area contributed by atoms with Crippen LogP contribution in [0.15, 0.2) is 23.1 Å². The Hall–Kier alpha value is -0.230. The molecule has 20 heavy (non-hydrogen) atoms. The summed E-state index contributed by atoms with van der Waals surface area (Å²) in [7, 11) is -2.95. The third-order valence-electron chi connectivity index (χ3n) is 3.44. The van der Waals surface area contributed by atoms with Gasteiger partial charge in [-0.15, -0.1) is 11.8 Å². The molecule has 0 bridgehead atoms. The summed E-state index contributed by atoms with van der Waals surface area (Å²) in [6.45, 7) is 3.62. The van der Waals surface area contributed by atoms with Gasteiger partial charge in [0.25, 0.3) is 0 Å². The van der Waals surface area contributed by atoms with Gasteiger partial charge in [0.1, 0.15) is 0 Å². The lowest BCUT2D eigenvalue weighted by molar-refractivity contribution is 0.457. The van der Waals surface area contributed by atoms with E-state index >= 15 is 0 Å². The van der Waals surface area contributed by atoms with Crippen molar-refractivity contribution in [1.82, 2.24) is 5.32 Å². The average molecular weight is 334 g/mol. The van der Waals surface area contributed by atoms with Crippen LogP contribution in [0.4, 0.5) is 0 Å². The lowest BCUT2D eigenvalue weighted by Crippen LogP contribution is -2.37. The third kappa shape index (κ3) is 4.13. The number of nitrogens with one attached hydrogen (secondary N) is 1. The fraction of sp³-hybridized carbons (Fsp3) is 0.571. The second-order valence-corrected chi connectivity index (χ2v) is 9.11. The Labute approximate surface area is 130 Å². The van der Waals surface area contributed by atoms with E-state index in [9.17, 15) is 8.42 Å². The Bertz CT molecular complexity index is 575.